The van der Waals surface area contributed by atoms with Crippen LogP contribution in [0.15, 0.2) is 66.1 Å². The molecule has 0 aliphatic carbocycles. The number of nitrogens with zero attached hydrogens (tertiary/aromatic N) is 4. The van der Waals surface area contributed by atoms with Gasteiger partial charge in [0.1, 0.15) is 12.7 Å². The monoisotopic (exact) mass is 467 g/mol. The predicted molar refractivity (Wildman–Crippen MR) is 126 cm³/mol. The molecule has 1 aromatic heterocycles. The van der Waals surface area contributed by atoms with Crippen LogP contribution in [0, 0.1) is 0 Å². The molecule has 3 aromatic rings. The standard InChI is InChI=1S/C24H29N5O3S/c30-24(27-22-7-5-6-21(16-22)17-28-19-25-18-26-28)13-10-20-8-11-23(12-9-20)33(31,32)29-14-3-1-2-4-15-29/h5-9,11-12,16,18-19H,1-4,10,13-15,17H2,(H,27,30). The summed E-state index contributed by atoms with van der Waals surface area (Å²) in [6, 6.07) is 14.5. The minimum absolute atomic E-state index is 0.0887. The number of carbonyl (C=O) groups is 1. The number of nitrogens with one attached hydrogen (secondary N) is 1. The molecule has 1 N–H and O–H groups in total. The van der Waals surface area contributed by atoms with E-state index in [-0.39, 0.29) is 5.91 Å². The molecule has 0 atom stereocenters. The largest absolute Gasteiger partial charge is 0.326 e. The van der Waals surface area contributed by atoms with Crippen LogP contribution < -0.4 is 5.32 Å². The Balaban J connectivity index is 1.30. The Kier molecular flexibility index (Phi) is 7.51. The molecular formula is C24H29N5O3S. The normalized spacial score (nSPS) is 15.2. The highest BCUT2D eigenvalue weighted by atomic mass is 32.2. The first-order valence-corrected chi connectivity index (χ1v) is 12.7. The van der Waals surface area contributed by atoms with E-state index >= 15 is 0 Å². The molecule has 0 unspecified atom stereocenters. The average molecular weight is 468 g/mol. The van der Waals surface area contributed by atoms with E-state index < -0.39 is 10.0 Å². The van der Waals surface area contributed by atoms with Crippen molar-refractivity contribution in [1.82, 2.24) is 19.1 Å². The number of sulfonamides is 1. The summed E-state index contributed by atoms with van der Waals surface area (Å²) in [6.45, 7) is 1.75. The van der Waals surface area contributed by atoms with Crippen molar-refractivity contribution in [2.45, 2.75) is 50.0 Å². The van der Waals surface area contributed by atoms with Crippen molar-refractivity contribution in [3.05, 3.63) is 72.3 Å². The Bertz CT molecular complexity index is 1150. The molecule has 8 nitrogen and oxygen atoms in total. The van der Waals surface area contributed by atoms with Crippen LogP contribution in [0.4, 0.5) is 5.69 Å². The Morgan fingerprint density at radius 3 is 2.42 bits per heavy atom. The Morgan fingerprint density at radius 2 is 1.73 bits per heavy atom. The van der Waals surface area contributed by atoms with Crippen molar-refractivity contribution >= 4 is 21.6 Å². The number of hydrogen-bond donors (Lipinski definition) is 1. The van der Waals surface area contributed by atoms with Gasteiger partial charge < -0.3 is 5.32 Å². The number of aromatic nitrogens is 3. The molecule has 0 bridgehead atoms. The zero-order valence-corrected chi connectivity index (χ0v) is 19.4. The van der Waals surface area contributed by atoms with E-state index in [0.29, 0.717) is 37.4 Å². The summed E-state index contributed by atoms with van der Waals surface area (Å²) >= 11 is 0. The molecular weight excluding hydrogens is 438 g/mol. The van der Waals surface area contributed by atoms with Gasteiger partial charge >= 0.3 is 0 Å². The van der Waals surface area contributed by atoms with Gasteiger partial charge in [-0.1, -0.05) is 37.1 Å². The summed E-state index contributed by atoms with van der Waals surface area (Å²) < 4.78 is 29.1. The highest BCUT2D eigenvalue weighted by Gasteiger charge is 2.24. The number of anilines is 1. The van der Waals surface area contributed by atoms with Gasteiger partial charge in [-0.25, -0.2) is 18.1 Å². The highest BCUT2D eigenvalue weighted by Crippen LogP contribution is 2.21. The Labute approximate surface area is 194 Å². The van der Waals surface area contributed by atoms with E-state index in [9.17, 15) is 13.2 Å². The van der Waals surface area contributed by atoms with Gasteiger partial charge in [-0.05, 0) is 54.7 Å². The first-order chi connectivity index (χ1) is 16.0. The molecule has 1 amide bonds. The van der Waals surface area contributed by atoms with E-state index in [1.54, 1.807) is 39.6 Å². The summed E-state index contributed by atoms with van der Waals surface area (Å²) in [7, 11) is -3.45. The first-order valence-electron chi connectivity index (χ1n) is 11.3. The lowest BCUT2D eigenvalue weighted by Gasteiger charge is -2.20. The molecule has 4 rings (SSSR count). The van der Waals surface area contributed by atoms with Crippen LogP contribution in [-0.2, 0) is 27.8 Å². The molecule has 174 valence electrons. The van der Waals surface area contributed by atoms with Gasteiger partial charge in [0, 0.05) is 25.2 Å². The number of aryl methyl sites for hydroxylation is 1. The molecule has 1 fully saturated rings. The van der Waals surface area contributed by atoms with E-state index in [4.69, 9.17) is 0 Å². The van der Waals surface area contributed by atoms with Crippen molar-refractivity contribution in [2.75, 3.05) is 18.4 Å². The minimum Gasteiger partial charge on any atom is -0.326 e. The van der Waals surface area contributed by atoms with Crippen molar-refractivity contribution in [3.8, 4) is 0 Å². The fourth-order valence-electron chi connectivity index (χ4n) is 3.99. The molecule has 1 saturated heterocycles. The number of carbonyl (C=O) groups excluding carboxylic acids is 1. The second kappa shape index (κ2) is 10.7. The van der Waals surface area contributed by atoms with Crippen LogP contribution in [0.1, 0.15) is 43.2 Å². The van der Waals surface area contributed by atoms with Crippen LogP contribution in [-0.4, -0.2) is 46.5 Å². The van der Waals surface area contributed by atoms with Crippen molar-refractivity contribution < 1.29 is 13.2 Å². The lowest BCUT2D eigenvalue weighted by molar-refractivity contribution is -0.116. The third-order valence-corrected chi connectivity index (χ3v) is 7.70. The number of hydrogen-bond acceptors (Lipinski definition) is 5. The van der Waals surface area contributed by atoms with Crippen molar-refractivity contribution in [3.63, 3.8) is 0 Å². The zero-order chi connectivity index (χ0) is 23.1. The van der Waals surface area contributed by atoms with Crippen LogP contribution in [0.25, 0.3) is 0 Å². The SMILES string of the molecule is O=C(CCc1ccc(S(=O)(=O)N2CCCCCC2)cc1)Nc1cccc(Cn2cncn2)c1. The van der Waals surface area contributed by atoms with Crippen LogP contribution in [0.3, 0.4) is 0 Å². The molecule has 9 heteroatoms. The molecule has 2 aromatic carbocycles. The number of benzene rings is 2. The van der Waals surface area contributed by atoms with Crippen molar-refractivity contribution in [1.29, 1.82) is 0 Å². The summed E-state index contributed by atoms with van der Waals surface area (Å²) in [4.78, 5) is 16.7. The number of rotatable bonds is 8. The second-order valence-corrected chi connectivity index (χ2v) is 10.2. The molecule has 2 heterocycles. The molecule has 1 aliphatic heterocycles. The molecule has 0 saturated carbocycles. The fourth-order valence-corrected chi connectivity index (χ4v) is 5.51. The zero-order valence-electron chi connectivity index (χ0n) is 18.6. The summed E-state index contributed by atoms with van der Waals surface area (Å²) in [5.41, 5.74) is 2.68. The van der Waals surface area contributed by atoms with Crippen LogP contribution in [0.2, 0.25) is 0 Å². The van der Waals surface area contributed by atoms with Gasteiger partial charge in [-0.15, -0.1) is 0 Å². The third kappa shape index (κ3) is 6.27. The summed E-state index contributed by atoms with van der Waals surface area (Å²) in [5.74, 6) is -0.0887. The van der Waals surface area contributed by atoms with Gasteiger partial charge in [-0.2, -0.15) is 9.40 Å². The maximum absolute atomic E-state index is 12.9. The van der Waals surface area contributed by atoms with Crippen LogP contribution in [0.5, 0.6) is 0 Å². The van der Waals surface area contributed by atoms with E-state index in [2.05, 4.69) is 15.4 Å². The average Bonchev–Trinajstić information content (AvgIpc) is 3.16. The smallest absolute Gasteiger partial charge is 0.243 e. The van der Waals surface area contributed by atoms with Crippen LogP contribution >= 0.6 is 0 Å². The van der Waals surface area contributed by atoms with Gasteiger partial charge in [-0.3, -0.25) is 4.79 Å². The maximum atomic E-state index is 12.9. The third-order valence-electron chi connectivity index (χ3n) is 5.79. The lowest BCUT2D eigenvalue weighted by atomic mass is 10.1. The molecule has 1 aliphatic rings. The Hall–Kier alpha value is -3.04. The predicted octanol–water partition coefficient (Wildman–Crippen LogP) is 3.46. The van der Waals surface area contributed by atoms with Gasteiger partial charge in [0.15, 0.2) is 0 Å². The maximum Gasteiger partial charge on any atom is 0.243 e. The summed E-state index contributed by atoms with van der Waals surface area (Å²) in [6.07, 6.45) is 7.97. The summed E-state index contributed by atoms with van der Waals surface area (Å²) in [5, 5.41) is 7.02. The number of amides is 1. The minimum atomic E-state index is -3.45. The quantitative estimate of drug-likeness (QED) is 0.547. The van der Waals surface area contributed by atoms with E-state index in [1.165, 1.54) is 6.33 Å². The molecule has 0 spiro atoms. The first kappa shape index (κ1) is 23.1. The van der Waals surface area contributed by atoms with Crippen molar-refractivity contribution in [2.24, 2.45) is 0 Å². The van der Waals surface area contributed by atoms with Gasteiger partial charge in [0.2, 0.25) is 15.9 Å². The Morgan fingerprint density at radius 1 is 0.970 bits per heavy atom. The molecule has 0 radical (unpaired) electrons. The highest BCUT2D eigenvalue weighted by molar-refractivity contribution is 7.89. The van der Waals surface area contributed by atoms with Gasteiger partial charge in [0.05, 0.1) is 11.4 Å². The van der Waals surface area contributed by atoms with E-state index in [1.807, 2.05) is 24.3 Å². The fraction of sp³-hybridized carbons (Fsp3) is 0.375. The lowest BCUT2D eigenvalue weighted by Crippen LogP contribution is -2.31. The van der Waals surface area contributed by atoms with E-state index in [0.717, 1.165) is 42.5 Å². The second-order valence-electron chi connectivity index (χ2n) is 8.30. The van der Waals surface area contributed by atoms with Gasteiger partial charge in [0.25, 0.3) is 0 Å². The topological polar surface area (TPSA) is 97.2 Å². The molecule has 33 heavy (non-hydrogen) atoms.